The van der Waals surface area contributed by atoms with Crippen LogP contribution in [0.3, 0.4) is 0 Å². The zero-order valence-electron chi connectivity index (χ0n) is 11.1. The zero-order chi connectivity index (χ0) is 14.7. The molecule has 1 aromatic carbocycles. The SMILES string of the molecule is Cc1ccc(C#N)cc1-n1c(C)cnc1SCC(=O)O. The number of aromatic nitrogens is 2. The van der Waals surface area contributed by atoms with Crippen molar-refractivity contribution in [1.29, 1.82) is 5.26 Å². The minimum Gasteiger partial charge on any atom is -0.481 e. The number of imidazole rings is 1. The van der Waals surface area contributed by atoms with E-state index < -0.39 is 5.97 Å². The Morgan fingerprint density at radius 3 is 2.90 bits per heavy atom. The first-order valence-corrected chi connectivity index (χ1v) is 6.91. The summed E-state index contributed by atoms with van der Waals surface area (Å²) in [6.45, 7) is 3.85. The second-order valence-corrected chi connectivity index (χ2v) is 5.26. The number of aryl methyl sites for hydroxylation is 2. The van der Waals surface area contributed by atoms with E-state index in [1.165, 1.54) is 0 Å². The summed E-state index contributed by atoms with van der Waals surface area (Å²) in [5.41, 5.74) is 3.32. The van der Waals surface area contributed by atoms with Crippen molar-refractivity contribution < 1.29 is 9.90 Å². The summed E-state index contributed by atoms with van der Waals surface area (Å²) in [4.78, 5) is 14.9. The number of carbonyl (C=O) groups is 1. The highest BCUT2D eigenvalue weighted by atomic mass is 32.2. The largest absolute Gasteiger partial charge is 0.481 e. The number of aliphatic carboxylic acids is 1. The lowest BCUT2D eigenvalue weighted by Gasteiger charge is -2.12. The number of hydrogen-bond donors (Lipinski definition) is 1. The lowest BCUT2D eigenvalue weighted by molar-refractivity contribution is -0.133. The standard InChI is InChI=1S/C14H13N3O2S/c1-9-3-4-11(6-15)5-12(9)17-10(2)7-16-14(17)20-8-13(18)19/h3-5,7H,8H2,1-2H3,(H,18,19). The van der Waals surface area contributed by atoms with Crippen molar-refractivity contribution in [2.75, 3.05) is 5.75 Å². The molecule has 0 aliphatic heterocycles. The summed E-state index contributed by atoms with van der Waals surface area (Å²) in [5, 5.41) is 18.4. The van der Waals surface area contributed by atoms with Crippen LogP contribution in [0.15, 0.2) is 29.6 Å². The molecule has 0 aliphatic carbocycles. The summed E-state index contributed by atoms with van der Waals surface area (Å²) < 4.78 is 1.88. The van der Waals surface area contributed by atoms with Gasteiger partial charge in [-0.05, 0) is 31.5 Å². The quantitative estimate of drug-likeness (QED) is 0.874. The minimum atomic E-state index is -0.885. The van der Waals surface area contributed by atoms with Crippen molar-refractivity contribution in [3.8, 4) is 11.8 Å². The van der Waals surface area contributed by atoms with Crippen LogP contribution in [0.25, 0.3) is 5.69 Å². The number of benzene rings is 1. The van der Waals surface area contributed by atoms with Gasteiger partial charge in [0.05, 0.1) is 23.1 Å². The van der Waals surface area contributed by atoms with E-state index in [-0.39, 0.29) is 5.75 Å². The number of carboxylic acid groups (broad SMARTS) is 1. The van der Waals surface area contributed by atoms with Crippen molar-refractivity contribution >= 4 is 17.7 Å². The molecule has 20 heavy (non-hydrogen) atoms. The van der Waals surface area contributed by atoms with Crippen molar-refractivity contribution in [2.45, 2.75) is 19.0 Å². The van der Waals surface area contributed by atoms with Gasteiger partial charge < -0.3 is 5.11 Å². The van der Waals surface area contributed by atoms with E-state index in [1.54, 1.807) is 18.3 Å². The third-order valence-corrected chi connectivity index (χ3v) is 3.75. The summed E-state index contributed by atoms with van der Waals surface area (Å²) in [5.74, 6) is -0.933. The number of nitriles is 1. The topological polar surface area (TPSA) is 78.9 Å². The van der Waals surface area contributed by atoms with Crippen LogP contribution in [0.5, 0.6) is 0 Å². The Hall–Kier alpha value is -2.26. The van der Waals surface area contributed by atoms with Gasteiger partial charge in [0, 0.05) is 11.9 Å². The normalized spacial score (nSPS) is 10.2. The molecule has 1 aromatic heterocycles. The summed E-state index contributed by atoms with van der Waals surface area (Å²) in [6, 6.07) is 7.53. The fourth-order valence-electron chi connectivity index (χ4n) is 1.86. The number of hydrogen-bond acceptors (Lipinski definition) is 4. The molecule has 0 spiro atoms. The average molecular weight is 287 g/mol. The van der Waals surface area contributed by atoms with Crippen molar-refractivity contribution in [1.82, 2.24) is 9.55 Å². The Labute approximate surface area is 120 Å². The molecular weight excluding hydrogens is 274 g/mol. The Morgan fingerprint density at radius 1 is 1.50 bits per heavy atom. The van der Waals surface area contributed by atoms with Gasteiger partial charge in [-0.15, -0.1) is 0 Å². The highest BCUT2D eigenvalue weighted by Gasteiger charge is 2.13. The van der Waals surface area contributed by atoms with Gasteiger partial charge in [0.2, 0.25) is 0 Å². The average Bonchev–Trinajstić information content (AvgIpc) is 2.78. The van der Waals surface area contributed by atoms with E-state index in [2.05, 4.69) is 11.1 Å². The lowest BCUT2D eigenvalue weighted by atomic mass is 10.1. The van der Waals surface area contributed by atoms with Crippen LogP contribution >= 0.6 is 11.8 Å². The molecule has 2 rings (SSSR count). The first-order chi connectivity index (χ1) is 9.52. The predicted octanol–water partition coefficient (Wildman–Crippen LogP) is 2.54. The zero-order valence-corrected chi connectivity index (χ0v) is 11.9. The molecule has 0 aliphatic rings. The summed E-state index contributed by atoms with van der Waals surface area (Å²) >= 11 is 1.16. The van der Waals surface area contributed by atoms with Crippen molar-refractivity contribution in [3.63, 3.8) is 0 Å². The van der Waals surface area contributed by atoms with E-state index in [4.69, 9.17) is 10.4 Å². The maximum atomic E-state index is 10.7. The minimum absolute atomic E-state index is 0.0482. The van der Waals surface area contributed by atoms with E-state index in [0.29, 0.717) is 10.7 Å². The lowest BCUT2D eigenvalue weighted by Crippen LogP contribution is -2.04. The monoisotopic (exact) mass is 287 g/mol. The molecule has 102 valence electrons. The van der Waals surface area contributed by atoms with Crippen LogP contribution in [-0.2, 0) is 4.79 Å². The smallest absolute Gasteiger partial charge is 0.313 e. The fraction of sp³-hybridized carbons (Fsp3) is 0.214. The first-order valence-electron chi connectivity index (χ1n) is 5.93. The van der Waals surface area contributed by atoms with Gasteiger partial charge >= 0.3 is 5.97 Å². The van der Waals surface area contributed by atoms with E-state index >= 15 is 0 Å². The molecular formula is C14H13N3O2S. The molecule has 5 nitrogen and oxygen atoms in total. The molecule has 0 saturated carbocycles. The Bertz CT molecular complexity index is 701. The van der Waals surface area contributed by atoms with Gasteiger partial charge in [-0.3, -0.25) is 9.36 Å². The van der Waals surface area contributed by atoms with Gasteiger partial charge in [0.15, 0.2) is 5.16 Å². The molecule has 0 unspecified atom stereocenters. The number of carboxylic acids is 1. The maximum Gasteiger partial charge on any atom is 0.313 e. The Morgan fingerprint density at radius 2 is 2.25 bits per heavy atom. The second kappa shape index (κ2) is 5.80. The Kier molecular flexibility index (Phi) is 4.11. The van der Waals surface area contributed by atoms with Crippen LogP contribution in [0.1, 0.15) is 16.8 Å². The van der Waals surface area contributed by atoms with Crippen LogP contribution in [-0.4, -0.2) is 26.4 Å². The first kappa shape index (κ1) is 14.2. The second-order valence-electron chi connectivity index (χ2n) is 4.31. The van der Waals surface area contributed by atoms with Gasteiger partial charge in [0.25, 0.3) is 0 Å². The molecule has 6 heteroatoms. The molecule has 1 N–H and O–H groups in total. The van der Waals surface area contributed by atoms with E-state index in [1.807, 2.05) is 24.5 Å². The van der Waals surface area contributed by atoms with E-state index in [0.717, 1.165) is 28.7 Å². The Balaban J connectivity index is 2.49. The van der Waals surface area contributed by atoms with E-state index in [9.17, 15) is 4.79 Å². The van der Waals surface area contributed by atoms with Crippen molar-refractivity contribution in [2.24, 2.45) is 0 Å². The summed E-state index contributed by atoms with van der Waals surface area (Å²) in [7, 11) is 0. The number of thioether (sulfide) groups is 1. The molecule has 1 heterocycles. The summed E-state index contributed by atoms with van der Waals surface area (Å²) in [6.07, 6.45) is 1.70. The molecule has 0 fully saturated rings. The molecule has 0 atom stereocenters. The van der Waals surface area contributed by atoms with Crippen LogP contribution in [0.2, 0.25) is 0 Å². The predicted molar refractivity (Wildman–Crippen MR) is 76.1 cm³/mol. The third kappa shape index (κ3) is 2.83. The highest BCUT2D eigenvalue weighted by Crippen LogP contribution is 2.25. The van der Waals surface area contributed by atoms with Gasteiger partial charge in [-0.1, -0.05) is 17.8 Å². The van der Waals surface area contributed by atoms with Crippen LogP contribution in [0.4, 0.5) is 0 Å². The van der Waals surface area contributed by atoms with Crippen LogP contribution < -0.4 is 0 Å². The van der Waals surface area contributed by atoms with Crippen LogP contribution in [0, 0.1) is 25.2 Å². The molecule has 0 bridgehead atoms. The van der Waals surface area contributed by atoms with Gasteiger partial charge in [-0.25, -0.2) is 4.98 Å². The molecule has 2 aromatic rings. The van der Waals surface area contributed by atoms with Gasteiger partial charge in [0.1, 0.15) is 0 Å². The van der Waals surface area contributed by atoms with Gasteiger partial charge in [-0.2, -0.15) is 5.26 Å². The van der Waals surface area contributed by atoms with Crippen molar-refractivity contribution in [3.05, 3.63) is 41.2 Å². The fourth-order valence-corrected chi connectivity index (χ4v) is 2.61. The molecule has 0 amide bonds. The maximum absolute atomic E-state index is 10.7. The third-order valence-electron chi connectivity index (χ3n) is 2.81. The molecule has 0 saturated heterocycles. The molecule has 0 radical (unpaired) electrons. The highest BCUT2D eigenvalue weighted by molar-refractivity contribution is 7.99. The number of nitrogens with zero attached hydrogens (tertiary/aromatic N) is 3. The number of rotatable bonds is 4.